The summed E-state index contributed by atoms with van der Waals surface area (Å²) in [7, 11) is 0. The Morgan fingerprint density at radius 2 is 2.18 bits per heavy atom. The van der Waals surface area contributed by atoms with Gasteiger partial charge in [-0.3, -0.25) is 10.1 Å². The number of ether oxygens (including phenoxy) is 1. The van der Waals surface area contributed by atoms with Crippen LogP contribution in [0, 0.1) is 12.8 Å². The van der Waals surface area contributed by atoms with Crippen LogP contribution in [0.15, 0.2) is 28.8 Å². The van der Waals surface area contributed by atoms with Crippen molar-refractivity contribution in [2.45, 2.75) is 46.1 Å². The molecular weight excluding hydrogens is 358 g/mol. The maximum absolute atomic E-state index is 12.6. The number of nitrogens with zero attached hydrogens (tertiary/aromatic N) is 1. The Morgan fingerprint density at radius 3 is 2.93 bits per heavy atom. The quantitative estimate of drug-likeness (QED) is 0.671. The van der Waals surface area contributed by atoms with Gasteiger partial charge in [-0.15, -0.1) is 0 Å². The maximum atomic E-state index is 12.6. The van der Waals surface area contributed by atoms with Crippen molar-refractivity contribution in [1.82, 2.24) is 10.1 Å². The number of hydrogen-bond donors (Lipinski definition) is 2. The highest BCUT2D eigenvalue weighted by Crippen LogP contribution is 2.32. The number of esters is 1. The van der Waals surface area contributed by atoms with Gasteiger partial charge in [-0.2, -0.15) is 0 Å². The molecule has 0 saturated carbocycles. The van der Waals surface area contributed by atoms with E-state index in [1.807, 2.05) is 12.1 Å². The summed E-state index contributed by atoms with van der Waals surface area (Å²) >= 11 is 0. The molecule has 0 saturated heterocycles. The number of H-pyrrole nitrogens is 1. The molecule has 0 bridgehead atoms. The van der Waals surface area contributed by atoms with E-state index in [1.54, 1.807) is 19.1 Å². The van der Waals surface area contributed by atoms with Crippen molar-refractivity contribution in [2.75, 3.05) is 5.32 Å². The fraction of sp³-hybridized carbons (Fsp3) is 0.381. The van der Waals surface area contributed by atoms with E-state index in [-0.39, 0.29) is 5.88 Å². The fourth-order valence-electron chi connectivity index (χ4n) is 3.65. The number of hydrogen-bond acceptors (Lipinski definition) is 5. The summed E-state index contributed by atoms with van der Waals surface area (Å²) in [6.07, 6.45) is 2.24. The molecule has 1 aliphatic rings. The number of aromatic nitrogens is 2. The molecule has 0 spiro atoms. The lowest BCUT2D eigenvalue weighted by Gasteiger charge is -2.18. The first-order valence-corrected chi connectivity index (χ1v) is 9.49. The monoisotopic (exact) mass is 381 g/mol. The maximum Gasteiger partial charge on any atom is 0.338 e. The zero-order valence-electron chi connectivity index (χ0n) is 16.2. The summed E-state index contributed by atoms with van der Waals surface area (Å²) in [6, 6.07) is 7.07. The van der Waals surface area contributed by atoms with Crippen molar-refractivity contribution in [2.24, 2.45) is 5.92 Å². The minimum Gasteiger partial charge on any atom is -0.449 e. The first kappa shape index (κ1) is 18.3. The molecule has 0 unspecified atom stereocenters. The van der Waals surface area contributed by atoms with E-state index in [0.717, 1.165) is 23.7 Å². The van der Waals surface area contributed by atoms with E-state index in [0.29, 0.717) is 17.2 Å². The SMILES string of the molecule is Cc1cc(NC(=O)[C@H](C)OC(=O)c2ccc3[nH]c4c(c3c2)C[C@H](C)CC4)on1. The normalized spacial score (nSPS) is 17.2. The van der Waals surface area contributed by atoms with Crippen LogP contribution < -0.4 is 5.32 Å². The molecule has 1 amide bonds. The third-order valence-corrected chi connectivity index (χ3v) is 5.20. The molecule has 0 aliphatic heterocycles. The summed E-state index contributed by atoms with van der Waals surface area (Å²) in [5.74, 6) is -0.152. The zero-order valence-corrected chi connectivity index (χ0v) is 16.2. The van der Waals surface area contributed by atoms with Gasteiger partial charge in [-0.05, 0) is 62.8 Å². The second kappa shape index (κ2) is 7.14. The number of rotatable bonds is 4. The van der Waals surface area contributed by atoms with Gasteiger partial charge in [0.15, 0.2) is 6.10 Å². The Balaban J connectivity index is 1.49. The molecule has 0 fully saturated rings. The summed E-state index contributed by atoms with van der Waals surface area (Å²) in [6.45, 7) is 5.52. The highest BCUT2D eigenvalue weighted by molar-refractivity contribution is 5.99. The summed E-state index contributed by atoms with van der Waals surface area (Å²) in [5.41, 5.74) is 4.66. The summed E-state index contributed by atoms with van der Waals surface area (Å²) in [4.78, 5) is 28.2. The first-order valence-electron chi connectivity index (χ1n) is 9.49. The van der Waals surface area contributed by atoms with Gasteiger partial charge >= 0.3 is 5.97 Å². The van der Waals surface area contributed by atoms with Crippen LogP contribution in [-0.2, 0) is 22.4 Å². The average molecular weight is 381 g/mol. The van der Waals surface area contributed by atoms with Gasteiger partial charge in [0, 0.05) is 22.7 Å². The van der Waals surface area contributed by atoms with Gasteiger partial charge in [0.25, 0.3) is 5.91 Å². The fourth-order valence-corrected chi connectivity index (χ4v) is 3.65. The molecule has 2 N–H and O–H groups in total. The Kier molecular flexibility index (Phi) is 4.66. The number of carbonyl (C=O) groups excluding carboxylic acids is 2. The van der Waals surface area contributed by atoms with Gasteiger partial charge in [-0.25, -0.2) is 4.79 Å². The molecule has 2 heterocycles. The topological polar surface area (TPSA) is 97.2 Å². The molecule has 28 heavy (non-hydrogen) atoms. The minimum absolute atomic E-state index is 0.222. The molecule has 2 aromatic heterocycles. The van der Waals surface area contributed by atoms with Crippen molar-refractivity contribution in [3.63, 3.8) is 0 Å². The molecule has 7 heteroatoms. The van der Waals surface area contributed by atoms with Gasteiger partial charge in [0.1, 0.15) is 0 Å². The van der Waals surface area contributed by atoms with Crippen LogP contribution in [0.5, 0.6) is 0 Å². The van der Waals surface area contributed by atoms with E-state index in [4.69, 9.17) is 9.26 Å². The van der Waals surface area contributed by atoms with Crippen LogP contribution in [0.2, 0.25) is 0 Å². The number of carbonyl (C=O) groups is 2. The standard InChI is InChI=1S/C21H23N3O4/c1-11-4-6-17-15(8-11)16-10-14(5-7-18(16)22-17)21(26)27-13(3)20(25)23-19-9-12(2)24-28-19/h5,7,9-11,13,22H,4,6,8H2,1-3H3,(H,23,25)/t11-,13+/m1/s1. The van der Waals surface area contributed by atoms with Gasteiger partial charge in [0.2, 0.25) is 5.88 Å². The summed E-state index contributed by atoms with van der Waals surface area (Å²) < 4.78 is 10.3. The Labute approximate surface area is 162 Å². The second-order valence-electron chi connectivity index (χ2n) is 7.56. The Morgan fingerprint density at radius 1 is 1.36 bits per heavy atom. The van der Waals surface area contributed by atoms with E-state index in [2.05, 4.69) is 22.4 Å². The molecule has 1 aliphatic carbocycles. The lowest BCUT2D eigenvalue weighted by Crippen LogP contribution is -2.29. The van der Waals surface area contributed by atoms with Crippen LogP contribution in [-0.4, -0.2) is 28.1 Å². The highest BCUT2D eigenvalue weighted by Gasteiger charge is 2.23. The van der Waals surface area contributed by atoms with E-state index < -0.39 is 18.0 Å². The third kappa shape index (κ3) is 3.52. The number of anilines is 1. The van der Waals surface area contributed by atoms with E-state index in [1.165, 1.54) is 24.6 Å². The van der Waals surface area contributed by atoms with Crippen molar-refractivity contribution in [3.05, 3.63) is 46.8 Å². The number of fused-ring (bicyclic) bond motifs is 3. The third-order valence-electron chi connectivity index (χ3n) is 5.20. The van der Waals surface area contributed by atoms with Crippen LogP contribution in [0.4, 0.5) is 5.88 Å². The molecule has 1 aromatic carbocycles. The van der Waals surface area contributed by atoms with Crippen molar-refractivity contribution >= 4 is 28.7 Å². The summed E-state index contributed by atoms with van der Waals surface area (Å²) in [5, 5.41) is 7.30. The van der Waals surface area contributed by atoms with Gasteiger partial charge in [-0.1, -0.05) is 12.1 Å². The van der Waals surface area contributed by atoms with Crippen molar-refractivity contribution < 1.29 is 18.8 Å². The number of amides is 1. The molecule has 2 atom stereocenters. The van der Waals surface area contributed by atoms with Crippen LogP contribution in [0.1, 0.15) is 47.6 Å². The molecule has 3 aromatic rings. The number of benzene rings is 1. The highest BCUT2D eigenvalue weighted by atomic mass is 16.5. The van der Waals surface area contributed by atoms with Crippen LogP contribution in [0.3, 0.4) is 0 Å². The van der Waals surface area contributed by atoms with Crippen LogP contribution >= 0.6 is 0 Å². The first-order chi connectivity index (χ1) is 13.4. The lowest BCUT2D eigenvalue weighted by atomic mass is 9.87. The molecule has 0 radical (unpaired) electrons. The second-order valence-corrected chi connectivity index (χ2v) is 7.56. The van der Waals surface area contributed by atoms with Crippen molar-refractivity contribution in [3.8, 4) is 0 Å². The van der Waals surface area contributed by atoms with E-state index >= 15 is 0 Å². The number of aryl methyl sites for hydroxylation is 2. The molecular formula is C21H23N3O4. The van der Waals surface area contributed by atoms with E-state index in [9.17, 15) is 9.59 Å². The predicted molar refractivity (Wildman–Crippen MR) is 104 cm³/mol. The minimum atomic E-state index is -0.964. The largest absolute Gasteiger partial charge is 0.449 e. The van der Waals surface area contributed by atoms with Crippen molar-refractivity contribution in [1.29, 1.82) is 0 Å². The molecule has 4 rings (SSSR count). The van der Waals surface area contributed by atoms with Gasteiger partial charge in [0.05, 0.1) is 11.3 Å². The zero-order chi connectivity index (χ0) is 19.8. The van der Waals surface area contributed by atoms with Crippen LogP contribution in [0.25, 0.3) is 10.9 Å². The Bertz CT molecular complexity index is 1050. The molecule has 146 valence electrons. The lowest BCUT2D eigenvalue weighted by molar-refractivity contribution is -0.123. The number of aromatic amines is 1. The molecule has 7 nitrogen and oxygen atoms in total. The van der Waals surface area contributed by atoms with Gasteiger partial charge < -0.3 is 14.2 Å². The number of nitrogens with one attached hydrogen (secondary N) is 2. The smallest absolute Gasteiger partial charge is 0.338 e. The average Bonchev–Trinajstić information content (AvgIpc) is 3.23. The predicted octanol–water partition coefficient (Wildman–Crippen LogP) is 3.77. The Hall–Kier alpha value is -3.09.